The summed E-state index contributed by atoms with van der Waals surface area (Å²) in [6.45, 7) is 8.38. The molecule has 0 aliphatic carbocycles. The van der Waals surface area contributed by atoms with Crippen LogP contribution in [0.25, 0.3) is 0 Å². The number of hydrogen-bond donors (Lipinski definition) is 1. The fourth-order valence-corrected chi connectivity index (χ4v) is 2.26. The third kappa shape index (κ3) is 3.20. The molecule has 0 spiro atoms. The summed E-state index contributed by atoms with van der Waals surface area (Å²) in [6.07, 6.45) is 2.87. The highest BCUT2D eigenvalue weighted by Crippen LogP contribution is 2.17. The minimum Gasteiger partial charge on any atom is -0.342 e. The largest absolute Gasteiger partial charge is 0.342 e. The molecule has 3 unspecified atom stereocenters. The average Bonchev–Trinajstić information content (AvgIpc) is 2.30. The van der Waals surface area contributed by atoms with Gasteiger partial charge in [-0.2, -0.15) is 0 Å². The SMILES string of the molecule is CCCC(C)N1CC(=O)NC(C(C)CC)C1=O. The highest BCUT2D eigenvalue weighted by Gasteiger charge is 2.37. The lowest BCUT2D eigenvalue weighted by Crippen LogP contribution is -2.62. The molecule has 0 radical (unpaired) electrons. The van der Waals surface area contributed by atoms with E-state index >= 15 is 0 Å². The lowest BCUT2D eigenvalue weighted by Gasteiger charge is -2.38. The molecule has 1 heterocycles. The zero-order valence-corrected chi connectivity index (χ0v) is 11.3. The second kappa shape index (κ2) is 6.03. The van der Waals surface area contributed by atoms with Crippen molar-refractivity contribution in [2.45, 2.75) is 59.0 Å². The minimum atomic E-state index is -0.333. The van der Waals surface area contributed by atoms with Crippen molar-refractivity contribution in [3.05, 3.63) is 0 Å². The van der Waals surface area contributed by atoms with Gasteiger partial charge in [0.15, 0.2) is 0 Å². The van der Waals surface area contributed by atoms with Gasteiger partial charge in [-0.15, -0.1) is 0 Å². The third-order valence-electron chi connectivity index (χ3n) is 3.63. The lowest BCUT2D eigenvalue weighted by molar-refractivity contribution is -0.148. The first-order chi connectivity index (χ1) is 8.01. The van der Waals surface area contributed by atoms with Gasteiger partial charge in [0.1, 0.15) is 6.04 Å². The Bertz CT molecular complexity index is 291. The van der Waals surface area contributed by atoms with Gasteiger partial charge in [0.25, 0.3) is 0 Å². The molecule has 0 aromatic rings. The van der Waals surface area contributed by atoms with Crippen molar-refractivity contribution in [1.82, 2.24) is 10.2 Å². The van der Waals surface area contributed by atoms with Crippen molar-refractivity contribution in [1.29, 1.82) is 0 Å². The van der Waals surface area contributed by atoms with E-state index in [2.05, 4.69) is 12.2 Å². The normalized spacial score (nSPS) is 24.5. The van der Waals surface area contributed by atoms with Crippen LogP contribution in [0.5, 0.6) is 0 Å². The van der Waals surface area contributed by atoms with Crippen molar-refractivity contribution in [2.75, 3.05) is 6.54 Å². The van der Waals surface area contributed by atoms with Crippen molar-refractivity contribution < 1.29 is 9.59 Å². The van der Waals surface area contributed by atoms with E-state index in [1.807, 2.05) is 20.8 Å². The molecule has 1 aliphatic rings. The first kappa shape index (κ1) is 14.0. The summed E-state index contributed by atoms with van der Waals surface area (Å²) in [5.41, 5.74) is 0. The number of carbonyl (C=O) groups excluding carboxylic acids is 2. The summed E-state index contributed by atoms with van der Waals surface area (Å²) in [5.74, 6) is 0.251. The van der Waals surface area contributed by atoms with Crippen LogP contribution in [0.4, 0.5) is 0 Å². The summed E-state index contributed by atoms with van der Waals surface area (Å²) in [7, 11) is 0. The molecule has 98 valence electrons. The standard InChI is InChI=1S/C13H24N2O2/c1-5-7-10(4)15-8-11(16)14-12(13(15)17)9(3)6-2/h9-10,12H,5-8H2,1-4H3,(H,14,16). The molecular weight excluding hydrogens is 216 g/mol. The second-order valence-electron chi connectivity index (χ2n) is 5.03. The molecule has 0 aromatic heterocycles. The van der Waals surface area contributed by atoms with Gasteiger partial charge < -0.3 is 10.2 Å². The van der Waals surface area contributed by atoms with E-state index in [0.717, 1.165) is 19.3 Å². The maximum atomic E-state index is 12.3. The molecule has 4 heteroatoms. The van der Waals surface area contributed by atoms with Crippen molar-refractivity contribution >= 4 is 11.8 Å². The molecule has 1 rings (SSSR count). The molecule has 0 bridgehead atoms. The van der Waals surface area contributed by atoms with Gasteiger partial charge in [-0.3, -0.25) is 9.59 Å². The molecular formula is C13H24N2O2. The Hall–Kier alpha value is -1.06. The molecule has 1 fully saturated rings. The Balaban J connectivity index is 2.78. The number of nitrogens with zero attached hydrogens (tertiary/aromatic N) is 1. The fraction of sp³-hybridized carbons (Fsp3) is 0.846. The maximum absolute atomic E-state index is 12.3. The summed E-state index contributed by atoms with van der Waals surface area (Å²) in [5, 5.41) is 2.81. The Kier molecular flexibility index (Phi) is 4.97. The zero-order chi connectivity index (χ0) is 13.0. The quantitative estimate of drug-likeness (QED) is 0.792. The van der Waals surface area contributed by atoms with E-state index in [4.69, 9.17) is 0 Å². The van der Waals surface area contributed by atoms with E-state index in [-0.39, 0.29) is 36.4 Å². The van der Waals surface area contributed by atoms with E-state index < -0.39 is 0 Å². The topological polar surface area (TPSA) is 49.4 Å². The molecule has 1 saturated heterocycles. The second-order valence-corrected chi connectivity index (χ2v) is 5.03. The van der Waals surface area contributed by atoms with E-state index in [9.17, 15) is 9.59 Å². The number of amides is 2. The smallest absolute Gasteiger partial charge is 0.246 e. The highest BCUT2D eigenvalue weighted by molar-refractivity contribution is 5.95. The van der Waals surface area contributed by atoms with Crippen molar-refractivity contribution in [2.24, 2.45) is 5.92 Å². The van der Waals surface area contributed by atoms with Crippen LogP contribution in [0, 0.1) is 5.92 Å². The monoisotopic (exact) mass is 240 g/mol. The molecule has 17 heavy (non-hydrogen) atoms. The summed E-state index contributed by atoms with van der Waals surface area (Å²) in [4.78, 5) is 25.7. The number of piperazine rings is 1. The molecule has 3 atom stereocenters. The van der Waals surface area contributed by atoms with Gasteiger partial charge >= 0.3 is 0 Å². The third-order valence-corrected chi connectivity index (χ3v) is 3.63. The van der Waals surface area contributed by atoms with Crippen LogP contribution < -0.4 is 5.32 Å². The molecule has 0 aromatic carbocycles. The van der Waals surface area contributed by atoms with Gasteiger partial charge in [0.2, 0.25) is 11.8 Å². The van der Waals surface area contributed by atoms with Gasteiger partial charge in [0, 0.05) is 6.04 Å². The molecule has 1 N–H and O–H groups in total. The Labute approximate surface area is 104 Å². The summed E-state index contributed by atoms with van der Waals surface area (Å²) < 4.78 is 0. The van der Waals surface area contributed by atoms with Crippen LogP contribution >= 0.6 is 0 Å². The lowest BCUT2D eigenvalue weighted by atomic mass is 9.95. The minimum absolute atomic E-state index is 0.0298. The molecule has 2 amide bonds. The number of nitrogens with one attached hydrogen (secondary N) is 1. The summed E-state index contributed by atoms with van der Waals surface area (Å²) >= 11 is 0. The predicted octanol–water partition coefficient (Wildman–Crippen LogP) is 1.55. The van der Waals surface area contributed by atoms with Crippen LogP contribution in [0.3, 0.4) is 0 Å². The fourth-order valence-electron chi connectivity index (χ4n) is 2.26. The van der Waals surface area contributed by atoms with Crippen LogP contribution in [0.2, 0.25) is 0 Å². The Morgan fingerprint density at radius 3 is 2.53 bits per heavy atom. The first-order valence-electron chi connectivity index (χ1n) is 6.61. The van der Waals surface area contributed by atoms with Crippen LogP contribution in [0.15, 0.2) is 0 Å². The van der Waals surface area contributed by atoms with Gasteiger partial charge in [-0.05, 0) is 19.3 Å². The Morgan fingerprint density at radius 1 is 1.35 bits per heavy atom. The number of hydrogen-bond acceptors (Lipinski definition) is 2. The molecule has 4 nitrogen and oxygen atoms in total. The molecule has 0 saturated carbocycles. The molecule has 1 aliphatic heterocycles. The van der Waals surface area contributed by atoms with Crippen LogP contribution in [-0.2, 0) is 9.59 Å². The van der Waals surface area contributed by atoms with Crippen molar-refractivity contribution in [3.8, 4) is 0 Å². The van der Waals surface area contributed by atoms with E-state index in [1.165, 1.54) is 0 Å². The number of rotatable bonds is 5. The average molecular weight is 240 g/mol. The van der Waals surface area contributed by atoms with Crippen molar-refractivity contribution in [3.63, 3.8) is 0 Å². The highest BCUT2D eigenvalue weighted by atomic mass is 16.2. The maximum Gasteiger partial charge on any atom is 0.246 e. The van der Waals surface area contributed by atoms with Crippen LogP contribution in [0.1, 0.15) is 47.0 Å². The van der Waals surface area contributed by atoms with Crippen LogP contribution in [-0.4, -0.2) is 35.3 Å². The summed E-state index contributed by atoms with van der Waals surface area (Å²) in [6, 6.07) is -0.175. The predicted molar refractivity (Wildman–Crippen MR) is 67.5 cm³/mol. The Morgan fingerprint density at radius 2 is 2.00 bits per heavy atom. The van der Waals surface area contributed by atoms with E-state index in [0.29, 0.717) is 0 Å². The van der Waals surface area contributed by atoms with Gasteiger partial charge in [-0.25, -0.2) is 0 Å². The number of carbonyl (C=O) groups is 2. The first-order valence-corrected chi connectivity index (χ1v) is 6.61. The van der Waals surface area contributed by atoms with Gasteiger partial charge in [-0.1, -0.05) is 33.6 Å². The zero-order valence-electron chi connectivity index (χ0n) is 11.3. The van der Waals surface area contributed by atoms with E-state index in [1.54, 1.807) is 4.90 Å². The van der Waals surface area contributed by atoms with Gasteiger partial charge in [0.05, 0.1) is 6.54 Å².